The summed E-state index contributed by atoms with van der Waals surface area (Å²) in [7, 11) is 0. The van der Waals surface area contributed by atoms with Crippen molar-refractivity contribution in [3.05, 3.63) is 35.4 Å². The van der Waals surface area contributed by atoms with Crippen molar-refractivity contribution in [3.8, 4) is 0 Å². The topological polar surface area (TPSA) is 41.6 Å². The summed E-state index contributed by atoms with van der Waals surface area (Å²) in [4.78, 5) is 14.1. The summed E-state index contributed by atoms with van der Waals surface area (Å²) >= 11 is 0. The fourth-order valence-corrected chi connectivity index (χ4v) is 3.56. The molecule has 1 heterocycles. The summed E-state index contributed by atoms with van der Waals surface area (Å²) in [5.74, 6) is -1.66. The van der Waals surface area contributed by atoms with Crippen molar-refractivity contribution in [1.29, 1.82) is 0 Å². The van der Waals surface area contributed by atoms with Crippen LogP contribution in [0.4, 0.5) is 8.78 Å². The molecular weight excluding hydrogens is 302 g/mol. The van der Waals surface area contributed by atoms with Crippen LogP contribution >= 0.6 is 0 Å². The molecule has 1 aromatic carbocycles. The fraction of sp³-hybridized carbons (Fsp3) is 0.588. The number of nitrogens with zero attached hydrogens (tertiary/aromatic N) is 1. The third-order valence-corrected chi connectivity index (χ3v) is 4.87. The van der Waals surface area contributed by atoms with Gasteiger partial charge in [-0.1, -0.05) is 25.0 Å². The van der Waals surface area contributed by atoms with Crippen molar-refractivity contribution >= 4 is 5.91 Å². The molecule has 1 aromatic rings. The molecule has 1 aliphatic heterocycles. The van der Waals surface area contributed by atoms with Crippen LogP contribution in [0.2, 0.25) is 0 Å². The number of nitrogens with one attached hydrogen (secondary N) is 1. The minimum atomic E-state index is -0.838. The predicted molar refractivity (Wildman–Crippen MR) is 81.9 cm³/mol. The zero-order chi connectivity index (χ0) is 16.3. The summed E-state index contributed by atoms with van der Waals surface area (Å²) in [6, 6.07) is 4.27. The van der Waals surface area contributed by atoms with Crippen LogP contribution in [0.5, 0.6) is 0 Å². The first-order valence-electron chi connectivity index (χ1n) is 8.17. The summed E-state index contributed by atoms with van der Waals surface area (Å²) in [6.07, 6.45) is 3.30. The van der Waals surface area contributed by atoms with E-state index in [9.17, 15) is 13.6 Å². The molecule has 6 heteroatoms. The van der Waals surface area contributed by atoms with Gasteiger partial charge in [0.2, 0.25) is 5.91 Å². The van der Waals surface area contributed by atoms with E-state index >= 15 is 0 Å². The van der Waals surface area contributed by atoms with Crippen LogP contribution in [-0.2, 0) is 15.1 Å². The van der Waals surface area contributed by atoms with E-state index in [1.807, 2.05) is 0 Å². The Morgan fingerprint density at radius 1 is 1.22 bits per heavy atom. The minimum absolute atomic E-state index is 0.0172. The summed E-state index contributed by atoms with van der Waals surface area (Å²) in [6.45, 7) is 2.41. The first-order valence-corrected chi connectivity index (χ1v) is 8.17. The lowest BCUT2D eigenvalue weighted by Gasteiger charge is -2.33. The van der Waals surface area contributed by atoms with E-state index in [4.69, 9.17) is 4.74 Å². The molecule has 3 rings (SSSR count). The normalized spacial score (nSPS) is 20.7. The van der Waals surface area contributed by atoms with Crippen molar-refractivity contribution in [2.75, 3.05) is 32.8 Å². The third-order valence-electron chi connectivity index (χ3n) is 4.87. The number of amides is 1. The number of hydrogen-bond acceptors (Lipinski definition) is 3. The number of carbonyl (C=O) groups is 1. The molecule has 1 aliphatic carbocycles. The second-order valence-corrected chi connectivity index (χ2v) is 6.24. The Bertz CT molecular complexity index is 568. The van der Waals surface area contributed by atoms with E-state index in [0.717, 1.165) is 18.9 Å². The van der Waals surface area contributed by atoms with Gasteiger partial charge in [-0.25, -0.2) is 8.78 Å². The smallest absolute Gasteiger partial charge is 0.236 e. The first kappa shape index (κ1) is 16.3. The molecule has 0 bridgehead atoms. The molecule has 1 amide bonds. The Labute approximate surface area is 134 Å². The second kappa shape index (κ2) is 6.93. The first-order chi connectivity index (χ1) is 11.1. The van der Waals surface area contributed by atoms with Crippen molar-refractivity contribution in [2.45, 2.75) is 31.2 Å². The SMILES string of the molecule is O=C(CNC1(c2cccc(F)c2F)CCCC1)N1CCOCC1. The maximum Gasteiger partial charge on any atom is 0.236 e. The quantitative estimate of drug-likeness (QED) is 0.923. The molecule has 4 nitrogen and oxygen atoms in total. The van der Waals surface area contributed by atoms with Gasteiger partial charge in [-0.3, -0.25) is 10.1 Å². The maximum absolute atomic E-state index is 14.3. The van der Waals surface area contributed by atoms with Crippen molar-refractivity contribution in [3.63, 3.8) is 0 Å². The number of hydrogen-bond donors (Lipinski definition) is 1. The van der Waals surface area contributed by atoms with Crippen LogP contribution in [0, 0.1) is 11.6 Å². The highest BCUT2D eigenvalue weighted by Gasteiger charge is 2.38. The third kappa shape index (κ3) is 3.38. The molecule has 2 aliphatic rings. The van der Waals surface area contributed by atoms with Gasteiger partial charge in [-0.2, -0.15) is 0 Å². The van der Waals surface area contributed by atoms with Gasteiger partial charge in [-0.05, 0) is 18.9 Å². The average molecular weight is 324 g/mol. The Balaban J connectivity index is 1.74. The lowest BCUT2D eigenvalue weighted by molar-refractivity contribution is -0.134. The van der Waals surface area contributed by atoms with E-state index < -0.39 is 17.2 Å². The molecule has 1 saturated heterocycles. The van der Waals surface area contributed by atoms with Gasteiger partial charge >= 0.3 is 0 Å². The highest BCUT2D eigenvalue weighted by atomic mass is 19.2. The van der Waals surface area contributed by atoms with Crippen LogP contribution in [0.1, 0.15) is 31.2 Å². The number of halogens is 2. The van der Waals surface area contributed by atoms with Crippen LogP contribution < -0.4 is 5.32 Å². The maximum atomic E-state index is 14.3. The Hall–Kier alpha value is -1.53. The number of benzene rings is 1. The zero-order valence-corrected chi connectivity index (χ0v) is 13.1. The van der Waals surface area contributed by atoms with E-state index in [-0.39, 0.29) is 12.5 Å². The van der Waals surface area contributed by atoms with Crippen LogP contribution in [-0.4, -0.2) is 43.7 Å². The monoisotopic (exact) mass is 324 g/mol. The van der Waals surface area contributed by atoms with Gasteiger partial charge in [0.25, 0.3) is 0 Å². The molecule has 1 saturated carbocycles. The fourth-order valence-electron chi connectivity index (χ4n) is 3.56. The molecular formula is C17H22F2N2O2. The Morgan fingerprint density at radius 2 is 1.91 bits per heavy atom. The van der Waals surface area contributed by atoms with Crippen LogP contribution in [0.3, 0.4) is 0 Å². The summed E-state index contributed by atoms with van der Waals surface area (Å²) < 4.78 is 33.1. The number of carbonyl (C=O) groups excluding carboxylic acids is 1. The predicted octanol–water partition coefficient (Wildman–Crippen LogP) is 2.18. The van der Waals surface area contributed by atoms with Gasteiger partial charge in [0, 0.05) is 24.2 Å². The zero-order valence-electron chi connectivity index (χ0n) is 13.1. The number of ether oxygens (including phenoxy) is 1. The molecule has 0 unspecified atom stereocenters. The molecule has 0 radical (unpaired) electrons. The molecule has 23 heavy (non-hydrogen) atoms. The van der Waals surface area contributed by atoms with Gasteiger partial charge in [0.1, 0.15) is 0 Å². The van der Waals surface area contributed by atoms with E-state index in [1.54, 1.807) is 11.0 Å². The lowest BCUT2D eigenvalue weighted by Crippen LogP contribution is -2.49. The second-order valence-electron chi connectivity index (χ2n) is 6.24. The molecule has 2 fully saturated rings. The average Bonchev–Trinajstić information content (AvgIpc) is 3.06. The van der Waals surface area contributed by atoms with Crippen molar-refractivity contribution < 1.29 is 18.3 Å². The molecule has 0 atom stereocenters. The molecule has 126 valence electrons. The molecule has 0 aromatic heterocycles. The molecule has 1 N–H and O–H groups in total. The van der Waals surface area contributed by atoms with Crippen LogP contribution in [0.25, 0.3) is 0 Å². The highest BCUT2D eigenvalue weighted by Crippen LogP contribution is 2.40. The number of rotatable bonds is 4. The van der Waals surface area contributed by atoms with Crippen molar-refractivity contribution in [1.82, 2.24) is 10.2 Å². The minimum Gasteiger partial charge on any atom is -0.378 e. The lowest BCUT2D eigenvalue weighted by atomic mass is 9.87. The van der Waals surface area contributed by atoms with E-state index in [1.165, 1.54) is 6.07 Å². The highest BCUT2D eigenvalue weighted by molar-refractivity contribution is 5.78. The van der Waals surface area contributed by atoms with Crippen molar-refractivity contribution in [2.24, 2.45) is 0 Å². The van der Waals surface area contributed by atoms with E-state index in [0.29, 0.717) is 44.7 Å². The van der Waals surface area contributed by atoms with Gasteiger partial charge in [0.05, 0.1) is 19.8 Å². The van der Waals surface area contributed by atoms with Gasteiger partial charge in [0.15, 0.2) is 11.6 Å². The van der Waals surface area contributed by atoms with E-state index in [2.05, 4.69) is 5.32 Å². The Morgan fingerprint density at radius 3 is 2.61 bits per heavy atom. The molecule has 0 spiro atoms. The Kier molecular flexibility index (Phi) is 4.92. The summed E-state index contributed by atoms with van der Waals surface area (Å²) in [5.41, 5.74) is -0.307. The largest absolute Gasteiger partial charge is 0.378 e. The van der Waals surface area contributed by atoms with Crippen LogP contribution in [0.15, 0.2) is 18.2 Å². The van der Waals surface area contributed by atoms with Gasteiger partial charge < -0.3 is 9.64 Å². The van der Waals surface area contributed by atoms with Gasteiger partial charge in [-0.15, -0.1) is 0 Å². The number of morpholine rings is 1. The standard InChI is InChI=1S/C17H22F2N2O2/c18-14-5-3-4-13(16(14)19)17(6-1-2-7-17)20-12-15(22)21-8-10-23-11-9-21/h3-5,20H,1-2,6-12H2. The summed E-state index contributed by atoms with van der Waals surface area (Å²) in [5, 5.41) is 3.24.